The van der Waals surface area contributed by atoms with Gasteiger partial charge in [-0.1, -0.05) is 36.4 Å². The second-order valence-electron chi connectivity index (χ2n) is 14.8. The zero-order valence-corrected chi connectivity index (χ0v) is 34.9. The van der Waals surface area contributed by atoms with Gasteiger partial charge >= 0.3 is 12.4 Å². The smallest absolute Gasteiger partial charge is 0.300 e. The van der Waals surface area contributed by atoms with Gasteiger partial charge in [0.15, 0.2) is 116 Å². The van der Waals surface area contributed by atoms with Crippen LogP contribution < -0.4 is 14.7 Å². The number of hydrogen-bond donors (Lipinski definition) is 0. The molecule has 29 heteroatoms. The van der Waals surface area contributed by atoms with E-state index in [2.05, 4.69) is 0 Å². The van der Waals surface area contributed by atoms with Crippen LogP contribution in [0.25, 0.3) is 0 Å². The van der Waals surface area contributed by atoms with Crippen molar-refractivity contribution in [1.29, 1.82) is 0 Å². The van der Waals surface area contributed by atoms with E-state index in [-0.39, 0.29) is 0 Å². The molecule has 7 aromatic carbocycles. The van der Waals surface area contributed by atoms with E-state index in [0.717, 1.165) is 24.3 Å². The number of hydrogen-bond acceptors (Lipinski definition) is 3. The molecule has 0 amide bonds. The van der Waals surface area contributed by atoms with Crippen LogP contribution in [0.4, 0.5) is 165 Å². The van der Waals surface area contributed by atoms with E-state index >= 15 is 70.2 Å². The molecular formula is C45H13F26N3. The van der Waals surface area contributed by atoms with Crippen LogP contribution >= 0.6 is 0 Å². The van der Waals surface area contributed by atoms with E-state index in [4.69, 9.17) is 0 Å². The summed E-state index contributed by atoms with van der Waals surface area (Å²) < 4.78 is 400. The van der Waals surface area contributed by atoms with Gasteiger partial charge in [-0.3, -0.25) is 14.7 Å². The fourth-order valence-electron chi connectivity index (χ4n) is 7.29. The Labute approximate surface area is 392 Å². The van der Waals surface area contributed by atoms with Crippen molar-refractivity contribution in [3.63, 3.8) is 0 Å². The first-order valence-electron chi connectivity index (χ1n) is 19.2. The van der Waals surface area contributed by atoms with Gasteiger partial charge in [-0.15, -0.1) is 0 Å². The Morgan fingerprint density at radius 2 is 0.419 bits per heavy atom. The largest absolute Gasteiger partial charge is 0.422 e. The van der Waals surface area contributed by atoms with Crippen LogP contribution in [0.15, 0.2) is 60.7 Å². The van der Waals surface area contributed by atoms with Crippen molar-refractivity contribution >= 4 is 51.2 Å². The van der Waals surface area contributed by atoms with Gasteiger partial charge in [-0.05, 0) is 31.2 Å². The Morgan fingerprint density at radius 1 is 0.243 bits per heavy atom. The Kier molecular flexibility index (Phi) is 13.7. The Morgan fingerprint density at radius 3 is 0.622 bits per heavy atom. The SMILES string of the molecule is Cc1c(F)c(F)c(N(c2ccccc2)c2c(F)c(F)c(N(c3c(F)c(F)c(N(c4ccccc4)c4c(F)c(F)c(C(F)(F)F)c(F)c4F)c(F)c3F)c3c(F)c(F)c(C(F)(F)F)c(F)c3F)c(F)c2F)c(F)c1F. The highest BCUT2D eigenvalue weighted by Crippen LogP contribution is 2.54. The summed E-state index contributed by atoms with van der Waals surface area (Å²) in [5.74, 6) is -66.8. The molecule has 0 bridgehead atoms. The van der Waals surface area contributed by atoms with Gasteiger partial charge in [0.25, 0.3) is 0 Å². The first-order valence-corrected chi connectivity index (χ1v) is 19.2. The van der Waals surface area contributed by atoms with Gasteiger partial charge in [0.1, 0.15) is 50.9 Å². The van der Waals surface area contributed by atoms with Crippen molar-refractivity contribution < 1.29 is 114 Å². The zero-order valence-electron chi connectivity index (χ0n) is 34.9. The average Bonchev–Trinajstić information content (AvgIpc) is 3.34. The molecule has 0 aliphatic carbocycles. The monoisotopic (exact) mass is 1090 g/mol. The minimum Gasteiger partial charge on any atom is -0.300 e. The van der Waals surface area contributed by atoms with Gasteiger partial charge in [-0.2, -0.15) is 26.3 Å². The molecule has 0 saturated carbocycles. The molecule has 0 aromatic heterocycles. The molecule has 390 valence electrons. The molecule has 0 unspecified atom stereocenters. The number of benzene rings is 7. The first-order chi connectivity index (χ1) is 34.3. The normalized spacial score (nSPS) is 12.0. The maximum absolute atomic E-state index is 16.8. The quantitative estimate of drug-likeness (QED) is 0.105. The number of para-hydroxylation sites is 2. The number of alkyl halides is 6. The van der Waals surface area contributed by atoms with Crippen molar-refractivity contribution in [2.45, 2.75) is 19.3 Å². The van der Waals surface area contributed by atoms with Crippen LogP contribution in [-0.4, -0.2) is 0 Å². The number of halogens is 26. The molecule has 0 atom stereocenters. The summed E-state index contributed by atoms with van der Waals surface area (Å²) in [6, 6.07) is 6.71. The minimum absolute atomic E-state index is 0.369. The fourth-order valence-corrected chi connectivity index (χ4v) is 7.29. The van der Waals surface area contributed by atoms with E-state index in [1.807, 2.05) is 0 Å². The molecule has 0 radical (unpaired) electrons. The van der Waals surface area contributed by atoms with Crippen LogP contribution in [-0.2, 0) is 12.4 Å². The third-order valence-corrected chi connectivity index (χ3v) is 10.5. The van der Waals surface area contributed by atoms with Crippen LogP contribution in [0.3, 0.4) is 0 Å². The summed E-state index contributed by atoms with van der Waals surface area (Å²) in [5.41, 5.74) is -31.9. The Bertz CT molecular complexity index is 3310. The lowest BCUT2D eigenvalue weighted by molar-refractivity contribution is -0.144. The summed E-state index contributed by atoms with van der Waals surface area (Å²) >= 11 is 0. The van der Waals surface area contributed by atoms with E-state index in [0.29, 0.717) is 43.3 Å². The average molecular weight is 1090 g/mol. The van der Waals surface area contributed by atoms with Crippen molar-refractivity contribution in [3.8, 4) is 0 Å². The van der Waals surface area contributed by atoms with E-state index in [1.165, 1.54) is 0 Å². The molecular weight excluding hydrogens is 1080 g/mol. The molecule has 7 aromatic rings. The molecule has 0 fully saturated rings. The van der Waals surface area contributed by atoms with E-state index in [1.54, 1.807) is 0 Å². The molecule has 0 heterocycles. The summed E-state index contributed by atoms with van der Waals surface area (Å²) in [6.07, 6.45) is -12.9. The van der Waals surface area contributed by atoms with Crippen LogP contribution in [0.5, 0.6) is 0 Å². The van der Waals surface area contributed by atoms with Crippen molar-refractivity contribution in [2.75, 3.05) is 14.7 Å². The summed E-state index contributed by atoms with van der Waals surface area (Å²) in [4.78, 5) is -3.69. The zero-order chi connectivity index (χ0) is 55.3. The van der Waals surface area contributed by atoms with Gasteiger partial charge in [-0.25, -0.2) is 87.8 Å². The maximum atomic E-state index is 16.8. The van der Waals surface area contributed by atoms with E-state index < -0.39 is 211 Å². The molecule has 0 aliphatic rings. The first kappa shape index (κ1) is 53.9. The Balaban J connectivity index is 1.65. The lowest BCUT2D eigenvalue weighted by atomic mass is 10.0. The highest BCUT2D eigenvalue weighted by molar-refractivity contribution is 5.86. The lowest BCUT2D eigenvalue weighted by Gasteiger charge is -2.32. The third-order valence-electron chi connectivity index (χ3n) is 10.5. The molecule has 74 heavy (non-hydrogen) atoms. The fraction of sp³-hybridized carbons (Fsp3) is 0.0667. The summed E-state index contributed by atoms with van der Waals surface area (Å²) in [7, 11) is 0. The molecule has 7 rings (SSSR count). The standard InChI is InChI=1S/C45H13F26N3/c1-12-17(46)23(52)37(24(53)18(12)47)72(13-8-4-2-5-9-13)39-29(58)33(62)42(34(63)30(39)59)74(41-27(56)21(50)16(45(69,70)71)22(51)28(41)57)43-35(64)31(60)40(32(61)36(43)65)73(14-10-6-3-7-11-14)38-25(54)19(48)15(44(66,67)68)20(49)26(38)55/h2-11H,1H3. The summed E-state index contributed by atoms with van der Waals surface area (Å²) in [6.45, 7) is 0.392. The highest BCUT2D eigenvalue weighted by Gasteiger charge is 2.49. The predicted molar refractivity (Wildman–Crippen MR) is 204 cm³/mol. The highest BCUT2D eigenvalue weighted by atomic mass is 19.4. The van der Waals surface area contributed by atoms with Crippen LogP contribution in [0, 0.1) is 123 Å². The van der Waals surface area contributed by atoms with Crippen molar-refractivity contribution in [3.05, 3.63) is 194 Å². The second kappa shape index (κ2) is 18.9. The predicted octanol–water partition coefficient (Wildman–Crippen LogP) is 17.2. The van der Waals surface area contributed by atoms with Crippen LogP contribution in [0.1, 0.15) is 16.7 Å². The lowest BCUT2D eigenvalue weighted by Crippen LogP contribution is -2.27. The Hall–Kier alpha value is -7.88. The van der Waals surface area contributed by atoms with Crippen molar-refractivity contribution in [2.24, 2.45) is 0 Å². The molecule has 3 nitrogen and oxygen atoms in total. The van der Waals surface area contributed by atoms with Crippen molar-refractivity contribution in [1.82, 2.24) is 0 Å². The van der Waals surface area contributed by atoms with E-state index in [9.17, 15) is 43.9 Å². The third kappa shape index (κ3) is 8.24. The molecule has 0 spiro atoms. The number of nitrogens with zero attached hydrogens (tertiary/aromatic N) is 3. The topological polar surface area (TPSA) is 9.72 Å². The van der Waals surface area contributed by atoms with Gasteiger partial charge < -0.3 is 0 Å². The number of anilines is 9. The van der Waals surface area contributed by atoms with Crippen LogP contribution in [0.2, 0.25) is 0 Å². The molecule has 0 saturated heterocycles. The van der Waals surface area contributed by atoms with Gasteiger partial charge in [0, 0.05) is 16.9 Å². The molecule has 0 aliphatic heterocycles. The maximum Gasteiger partial charge on any atom is 0.422 e. The summed E-state index contributed by atoms with van der Waals surface area (Å²) in [5, 5.41) is 0. The molecule has 0 N–H and O–H groups in total. The van der Waals surface area contributed by atoms with Gasteiger partial charge in [0.2, 0.25) is 0 Å². The minimum atomic E-state index is -6.57. The second-order valence-corrected chi connectivity index (χ2v) is 14.8. The number of rotatable bonds is 9. The van der Waals surface area contributed by atoms with Gasteiger partial charge in [0.05, 0.1) is 0 Å².